The van der Waals surface area contributed by atoms with Crippen LogP contribution in [0.15, 0.2) is 24.5 Å². The molecular weight excluding hydrogens is 166 g/mol. The summed E-state index contributed by atoms with van der Waals surface area (Å²) >= 11 is 0. The summed E-state index contributed by atoms with van der Waals surface area (Å²) in [4.78, 5) is 4.10. The summed E-state index contributed by atoms with van der Waals surface area (Å²) in [6.07, 6.45) is 3.39. The zero-order valence-corrected chi connectivity index (χ0v) is 7.18. The van der Waals surface area contributed by atoms with Gasteiger partial charge in [0.2, 0.25) is 0 Å². The largest absolute Gasteiger partial charge is 0.397 e. The lowest BCUT2D eigenvalue weighted by atomic mass is 10.4. The van der Waals surface area contributed by atoms with Gasteiger partial charge < -0.3 is 5.73 Å². The van der Waals surface area contributed by atoms with Crippen molar-refractivity contribution in [3.05, 3.63) is 30.2 Å². The van der Waals surface area contributed by atoms with Crippen molar-refractivity contribution in [1.29, 1.82) is 0 Å². The van der Waals surface area contributed by atoms with Gasteiger partial charge in [-0.15, -0.1) is 5.10 Å². The number of hydrogen-bond acceptors (Lipinski definition) is 4. The lowest BCUT2D eigenvalue weighted by Crippen LogP contribution is -1.98. The van der Waals surface area contributed by atoms with Crippen LogP contribution in [0.25, 0.3) is 5.82 Å². The number of aryl methyl sites for hydroxylation is 1. The number of aromatic nitrogens is 4. The molecule has 5 nitrogen and oxygen atoms in total. The molecule has 2 aromatic rings. The van der Waals surface area contributed by atoms with Crippen molar-refractivity contribution in [3.8, 4) is 5.82 Å². The Bertz CT molecular complexity index is 403. The summed E-state index contributed by atoms with van der Waals surface area (Å²) in [5, 5.41) is 7.74. The number of rotatable bonds is 1. The molecule has 0 aliphatic heterocycles. The van der Waals surface area contributed by atoms with E-state index in [9.17, 15) is 0 Å². The zero-order valence-electron chi connectivity index (χ0n) is 7.18. The van der Waals surface area contributed by atoms with Gasteiger partial charge in [-0.25, -0.2) is 9.67 Å². The van der Waals surface area contributed by atoms with E-state index in [0.717, 1.165) is 11.5 Å². The Morgan fingerprint density at radius 1 is 1.38 bits per heavy atom. The SMILES string of the molecule is Cc1cn(-c2ccc(N)cn2)nn1. The van der Waals surface area contributed by atoms with Crippen molar-refractivity contribution in [2.75, 3.05) is 5.73 Å². The van der Waals surface area contributed by atoms with Crippen LogP contribution in [0.4, 0.5) is 5.69 Å². The van der Waals surface area contributed by atoms with Crippen LogP contribution in [0.3, 0.4) is 0 Å². The molecule has 66 valence electrons. The van der Waals surface area contributed by atoms with Crippen LogP contribution < -0.4 is 5.73 Å². The van der Waals surface area contributed by atoms with Crippen LogP contribution in [-0.4, -0.2) is 20.0 Å². The number of hydrogen-bond donors (Lipinski definition) is 1. The van der Waals surface area contributed by atoms with Crippen molar-refractivity contribution in [2.45, 2.75) is 6.92 Å². The molecule has 5 heteroatoms. The van der Waals surface area contributed by atoms with Gasteiger partial charge in [0, 0.05) is 0 Å². The van der Waals surface area contributed by atoms with Crippen molar-refractivity contribution in [1.82, 2.24) is 20.0 Å². The van der Waals surface area contributed by atoms with E-state index in [4.69, 9.17) is 5.73 Å². The second kappa shape index (κ2) is 2.85. The standard InChI is InChI=1S/C8H9N5/c1-6-5-13(12-11-6)8-3-2-7(9)4-10-8/h2-5H,9H2,1H3. The van der Waals surface area contributed by atoms with Gasteiger partial charge in [0.1, 0.15) is 0 Å². The molecule has 0 saturated carbocycles. The van der Waals surface area contributed by atoms with E-state index in [1.165, 1.54) is 0 Å². The molecule has 0 atom stereocenters. The van der Waals surface area contributed by atoms with Crippen LogP contribution in [0, 0.1) is 6.92 Å². The van der Waals surface area contributed by atoms with Gasteiger partial charge in [0.15, 0.2) is 5.82 Å². The number of nitrogens with zero attached hydrogens (tertiary/aromatic N) is 4. The van der Waals surface area contributed by atoms with Gasteiger partial charge in [-0.1, -0.05) is 5.21 Å². The van der Waals surface area contributed by atoms with Gasteiger partial charge in [-0.3, -0.25) is 0 Å². The second-order valence-corrected chi connectivity index (χ2v) is 2.75. The van der Waals surface area contributed by atoms with Crippen LogP contribution in [0.1, 0.15) is 5.69 Å². The molecule has 2 rings (SSSR count). The highest BCUT2D eigenvalue weighted by Gasteiger charge is 1.99. The maximum Gasteiger partial charge on any atom is 0.155 e. The highest BCUT2D eigenvalue weighted by molar-refractivity contribution is 5.38. The van der Waals surface area contributed by atoms with Crippen LogP contribution in [-0.2, 0) is 0 Å². The summed E-state index contributed by atoms with van der Waals surface area (Å²) in [5.41, 5.74) is 7.00. The topological polar surface area (TPSA) is 69.6 Å². The van der Waals surface area contributed by atoms with Gasteiger partial charge in [0.05, 0.1) is 23.8 Å². The third-order valence-corrected chi connectivity index (χ3v) is 1.61. The molecule has 2 heterocycles. The van der Waals surface area contributed by atoms with Gasteiger partial charge in [-0.2, -0.15) is 0 Å². The van der Waals surface area contributed by atoms with Gasteiger partial charge >= 0.3 is 0 Å². The molecule has 0 aliphatic carbocycles. The molecule has 0 fully saturated rings. The van der Waals surface area contributed by atoms with Gasteiger partial charge in [0.25, 0.3) is 0 Å². The van der Waals surface area contributed by atoms with Gasteiger partial charge in [-0.05, 0) is 19.1 Å². The molecule has 2 N–H and O–H groups in total. The Morgan fingerprint density at radius 2 is 2.23 bits per heavy atom. The quantitative estimate of drug-likeness (QED) is 0.687. The average molecular weight is 175 g/mol. The lowest BCUT2D eigenvalue weighted by molar-refractivity contribution is 0.780. The van der Waals surface area contributed by atoms with E-state index >= 15 is 0 Å². The van der Waals surface area contributed by atoms with E-state index < -0.39 is 0 Å². The molecule has 0 spiro atoms. The number of anilines is 1. The predicted octanol–water partition coefficient (Wildman–Crippen LogP) is 0.553. The second-order valence-electron chi connectivity index (χ2n) is 2.75. The predicted molar refractivity (Wildman–Crippen MR) is 48.3 cm³/mol. The molecular formula is C8H9N5. The third-order valence-electron chi connectivity index (χ3n) is 1.61. The fourth-order valence-corrected chi connectivity index (χ4v) is 0.992. The average Bonchev–Trinajstić information content (AvgIpc) is 2.53. The normalized spacial score (nSPS) is 10.2. The summed E-state index contributed by atoms with van der Waals surface area (Å²) < 4.78 is 1.61. The first-order chi connectivity index (χ1) is 6.25. The summed E-state index contributed by atoms with van der Waals surface area (Å²) in [6, 6.07) is 3.57. The van der Waals surface area contributed by atoms with Crippen molar-refractivity contribution in [2.24, 2.45) is 0 Å². The first-order valence-corrected chi connectivity index (χ1v) is 3.86. The fraction of sp³-hybridized carbons (Fsp3) is 0.125. The van der Waals surface area contributed by atoms with Crippen molar-refractivity contribution in [3.63, 3.8) is 0 Å². The molecule has 0 radical (unpaired) electrons. The summed E-state index contributed by atoms with van der Waals surface area (Å²) in [7, 11) is 0. The Labute approximate surface area is 75.2 Å². The highest BCUT2D eigenvalue weighted by Crippen LogP contribution is 2.05. The molecule has 0 bridgehead atoms. The molecule has 0 aliphatic rings. The van der Waals surface area contributed by atoms with Crippen LogP contribution in [0.2, 0.25) is 0 Å². The summed E-state index contributed by atoms with van der Waals surface area (Å²) in [5.74, 6) is 0.717. The number of nitrogen functional groups attached to an aromatic ring is 1. The number of pyridine rings is 1. The van der Waals surface area contributed by atoms with Crippen molar-refractivity contribution < 1.29 is 0 Å². The summed E-state index contributed by atoms with van der Waals surface area (Å²) in [6.45, 7) is 1.88. The minimum absolute atomic E-state index is 0.639. The maximum absolute atomic E-state index is 5.50. The Hall–Kier alpha value is -1.91. The lowest BCUT2D eigenvalue weighted by Gasteiger charge is -1.97. The Kier molecular flexibility index (Phi) is 1.70. The van der Waals surface area contributed by atoms with Crippen molar-refractivity contribution >= 4 is 5.69 Å². The van der Waals surface area contributed by atoms with E-state index in [2.05, 4.69) is 15.3 Å². The Morgan fingerprint density at radius 3 is 2.77 bits per heavy atom. The van der Waals surface area contributed by atoms with Crippen LogP contribution >= 0.6 is 0 Å². The fourth-order valence-electron chi connectivity index (χ4n) is 0.992. The monoisotopic (exact) mass is 175 g/mol. The van der Waals surface area contributed by atoms with Crippen LogP contribution in [0.5, 0.6) is 0 Å². The molecule has 2 aromatic heterocycles. The maximum atomic E-state index is 5.50. The third kappa shape index (κ3) is 1.48. The number of nitrogens with two attached hydrogens (primary N) is 1. The van der Waals surface area contributed by atoms with E-state index in [1.807, 2.05) is 6.92 Å². The van der Waals surface area contributed by atoms with E-state index in [0.29, 0.717) is 5.69 Å². The molecule has 0 amide bonds. The molecule has 0 saturated heterocycles. The first-order valence-electron chi connectivity index (χ1n) is 3.86. The first kappa shape index (κ1) is 7.72. The zero-order chi connectivity index (χ0) is 9.26. The highest BCUT2D eigenvalue weighted by atomic mass is 15.4. The minimum Gasteiger partial charge on any atom is -0.397 e. The minimum atomic E-state index is 0.639. The van der Waals surface area contributed by atoms with E-state index in [-0.39, 0.29) is 0 Å². The molecule has 0 aromatic carbocycles. The molecule has 13 heavy (non-hydrogen) atoms. The molecule has 0 unspecified atom stereocenters. The van der Waals surface area contributed by atoms with E-state index in [1.54, 1.807) is 29.2 Å². The smallest absolute Gasteiger partial charge is 0.155 e. The Balaban J connectivity index is 2.41.